The molecule has 33 heavy (non-hydrogen) atoms. The van der Waals surface area contributed by atoms with Crippen molar-refractivity contribution in [2.75, 3.05) is 26.2 Å². The van der Waals surface area contributed by atoms with Crippen LogP contribution in [0.2, 0.25) is 5.02 Å². The number of aromatic nitrogens is 1. The molecule has 0 atom stereocenters. The molecule has 1 saturated heterocycles. The number of pyridine rings is 1. The average Bonchev–Trinajstić information content (AvgIpc) is 2.84. The molecule has 2 heterocycles. The Morgan fingerprint density at radius 1 is 1.00 bits per heavy atom. The Morgan fingerprint density at radius 3 is 2.18 bits per heavy atom. The minimum Gasteiger partial charge on any atom is -0.503 e. The summed E-state index contributed by atoms with van der Waals surface area (Å²) in [5.41, 5.74) is 0.704. The maximum atomic E-state index is 12.7. The number of hydrogen-bond acceptors (Lipinski definition) is 5. The normalized spacial score (nSPS) is 15.0. The fourth-order valence-electron chi connectivity index (χ4n) is 4.18. The minimum absolute atomic E-state index is 0.230. The van der Waals surface area contributed by atoms with Crippen LogP contribution in [0.1, 0.15) is 51.2 Å². The van der Waals surface area contributed by atoms with E-state index in [-0.39, 0.29) is 11.8 Å². The summed E-state index contributed by atoms with van der Waals surface area (Å²) in [5.74, 6) is -0.230. The van der Waals surface area contributed by atoms with Crippen LogP contribution in [-0.2, 0) is 17.8 Å². The predicted molar refractivity (Wildman–Crippen MR) is 130 cm³/mol. The smallest absolute Gasteiger partial charge is 0.410 e. The summed E-state index contributed by atoms with van der Waals surface area (Å²) < 4.78 is 7.34. The zero-order chi connectivity index (χ0) is 24.0. The summed E-state index contributed by atoms with van der Waals surface area (Å²) in [5, 5.41) is 11.2. The Kier molecular flexibility index (Phi) is 8.43. The van der Waals surface area contributed by atoms with E-state index in [9.17, 15) is 14.7 Å². The van der Waals surface area contributed by atoms with E-state index in [0.717, 1.165) is 24.8 Å². The number of carbonyl (C=O) groups is 1. The number of nitrogens with zero attached hydrogens (tertiary/aromatic N) is 3. The molecule has 1 aromatic heterocycles. The summed E-state index contributed by atoms with van der Waals surface area (Å²) in [4.78, 5) is 29.2. The Labute approximate surface area is 200 Å². The molecule has 1 aromatic carbocycles. The van der Waals surface area contributed by atoms with Crippen LogP contribution in [0.15, 0.2) is 41.3 Å². The molecular formula is C25H34ClN3O4. The molecule has 0 saturated carbocycles. The lowest BCUT2D eigenvalue weighted by Crippen LogP contribution is -2.50. The maximum Gasteiger partial charge on any atom is 0.410 e. The standard InChI is InChI=1S/C25H34ClN3O4/c1-4-25(5-2,6-3)33-24(32)28-15-13-27(14-16-28)18-20-11-12-29(23(31)22(20)30)17-19-7-9-21(26)10-8-19/h7-12,30H,4-6,13-18H2,1-3H3. The summed E-state index contributed by atoms with van der Waals surface area (Å²) in [7, 11) is 0. The molecule has 1 amide bonds. The van der Waals surface area contributed by atoms with E-state index in [1.165, 1.54) is 4.57 Å². The second kappa shape index (κ2) is 11.1. The van der Waals surface area contributed by atoms with Gasteiger partial charge in [0.15, 0.2) is 5.75 Å². The zero-order valence-electron chi connectivity index (χ0n) is 19.7. The third-order valence-electron chi connectivity index (χ3n) is 6.75. The Morgan fingerprint density at radius 2 is 1.61 bits per heavy atom. The summed E-state index contributed by atoms with van der Waals surface area (Å²) in [6.07, 6.45) is 3.85. The van der Waals surface area contributed by atoms with Gasteiger partial charge in [-0.05, 0) is 43.0 Å². The van der Waals surface area contributed by atoms with Gasteiger partial charge in [0.05, 0.1) is 6.54 Å². The van der Waals surface area contributed by atoms with Gasteiger partial charge in [-0.3, -0.25) is 9.69 Å². The van der Waals surface area contributed by atoms with E-state index in [2.05, 4.69) is 4.90 Å². The Hall–Kier alpha value is -2.51. The van der Waals surface area contributed by atoms with E-state index < -0.39 is 11.2 Å². The SMILES string of the molecule is CCC(CC)(CC)OC(=O)N1CCN(Cc2ccn(Cc3ccc(Cl)cc3)c(=O)c2O)CC1. The molecule has 1 aliphatic rings. The fourth-order valence-corrected chi connectivity index (χ4v) is 4.31. The van der Waals surface area contributed by atoms with Crippen LogP contribution in [0.25, 0.3) is 0 Å². The monoisotopic (exact) mass is 475 g/mol. The van der Waals surface area contributed by atoms with Crippen LogP contribution >= 0.6 is 11.6 Å². The van der Waals surface area contributed by atoms with Gasteiger partial charge in [0, 0.05) is 49.5 Å². The fraction of sp³-hybridized carbons (Fsp3) is 0.520. The summed E-state index contributed by atoms with van der Waals surface area (Å²) >= 11 is 5.92. The van der Waals surface area contributed by atoms with Crippen molar-refractivity contribution in [3.05, 3.63) is 63.0 Å². The molecule has 1 aliphatic heterocycles. The van der Waals surface area contributed by atoms with Gasteiger partial charge in [-0.1, -0.05) is 44.5 Å². The number of amides is 1. The number of carbonyl (C=O) groups excluding carboxylic acids is 1. The van der Waals surface area contributed by atoms with Crippen molar-refractivity contribution in [3.63, 3.8) is 0 Å². The molecule has 0 spiro atoms. The number of ether oxygens (including phenoxy) is 1. The van der Waals surface area contributed by atoms with Gasteiger partial charge in [-0.2, -0.15) is 0 Å². The van der Waals surface area contributed by atoms with Crippen molar-refractivity contribution in [3.8, 4) is 5.75 Å². The van der Waals surface area contributed by atoms with Gasteiger partial charge >= 0.3 is 6.09 Å². The number of piperazine rings is 1. The first-order valence-electron chi connectivity index (χ1n) is 11.7. The largest absolute Gasteiger partial charge is 0.503 e. The van der Waals surface area contributed by atoms with Crippen LogP contribution in [0.5, 0.6) is 5.75 Å². The highest BCUT2D eigenvalue weighted by atomic mass is 35.5. The number of benzene rings is 1. The molecule has 1 fully saturated rings. The molecule has 180 valence electrons. The van der Waals surface area contributed by atoms with Crippen LogP contribution in [0, 0.1) is 0 Å². The van der Waals surface area contributed by atoms with E-state index in [1.807, 2.05) is 32.9 Å². The van der Waals surface area contributed by atoms with Crippen LogP contribution in [0.3, 0.4) is 0 Å². The number of aromatic hydroxyl groups is 1. The van der Waals surface area contributed by atoms with Crippen LogP contribution in [-0.4, -0.2) is 57.3 Å². The van der Waals surface area contributed by atoms with Gasteiger partial charge in [0.2, 0.25) is 0 Å². The predicted octanol–water partition coefficient (Wildman–Crippen LogP) is 4.48. The van der Waals surface area contributed by atoms with Gasteiger partial charge in [0.1, 0.15) is 5.60 Å². The Bertz CT molecular complexity index is 985. The lowest BCUT2D eigenvalue weighted by atomic mass is 9.94. The van der Waals surface area contributed by atoms with E-state index in [1.54, 1.807) is 29.3 Å². The third kappa shape index (κ3) is 6.09. The molecule has 0 bridgehead atoms. The molecular weight excluding hydrogens is 442 g/mol. The van der Waals surface area contributed by atoms with Crippen molar-refractivity contribution in [1.29, 1.82) is 0 Å². The van der Waals surface area contributed by atoms with Crippen LogP contribution < -0.4 is 5.56 Å². The second-order valence-corrected chi connectivity index (χ2v) is 9.06. The van der Waals surface area contributed by atoms with Crippen molar-refractivity contribution >= 4 is 17.7 Å². The van der Waals surface area contributed by atoms with Crippen molar-refractivity contribution in [2.45, 2.75) is 58.7 Å². The zero-order valence-corrected chi connectivity index (χ0v) is 20.5. The number of rotatable bonds is 8. The molecule has 0 unspecified atom stereocenters. The quantitative estimate of drug-likeness (QED) is 0.609. The maximum absolute atomic E-state index is 12.7. The first kappa shape index (κ1) is 25.1. The molecule has 7 nitrogen and oxygen atoms in total. The minimum atomic E-state index is -0.417. The lowest BCUT2D eigenvalue weighted by molar-refractivity contribution is -0.0244. The highest BCUT2D eigenvalue weighted by Gasteiger charge is 2.32. The van der Waals surface area contributed by atoms with Gasteiger partial charge in [0.25, 0.3) is 5.56 Å². The lowest BCUT2D eigenvalue weighted by Gasteiger charge is -2.37. The van der Waals surface area contributed by atoms with Gasteiger partial charge < -0.3 is 19.3 Å². The highest BCUT2D eigenvalue weighted by molar-refractivity contribution is 6.30. The second-order valence-electron chi connectivity index (χ2n) is 8.62. The molecule has 3 rings (SSSR count). The van der Waals surface area contributed by atoms with Gasteiger partial charge in [-0.15, -0.1) is 0 Å². The number of hydrogen-bond donors (Lipinski definition) is 1. The molecule has 1 N–H and O–H groups in total. The first-order chi connectivity index (χ1) is 15.8. The van der Waals surface area contributed by atoms with E-state index in [0.29, 0.717) is 49.9 Å². The van der Waals surface area contributed by atoms with E-state index in [4.69, 9.17) is 16.3 Å². The summed E-state index contributed by atoms with van der Waals surface area (Å²) in [6, 6.07) is 9.05. The third-order valence-corrected chi connectivity index (χ3v) is 7.00. The average molecular weight is 476 g/mol. The van der Waals surface area contributed by atoms with Crippen molar-refractivity contribution in [2.24, 2.45) is 0 Å². The number of halogens is 1. The van der Waals surface area contributed by atoms with Crippen LogP contribution in [0.4, 0.5) is 4.79 Å². The van der Waals surface area contributed by atoms with E-state index >= 15 is 0 Å². The molecule has 0 radical (unpaired) electrons. The first-order valence-corrected chi connectivity index (χ1v) is 12.0. The van der Waals surface area contributed by atoms with Gasteiger partial charge in [-0.25, -0.2) is 4.79 Å². The summed E-state index contributed by atoms with van der Waals surface area (Å²) in [6.45, 7) is 9.38. The topological polar surface area (TPSA) is 75.0 Å². The van der Waals surface area contributed by atoms with Crippen molar-refractivity contribution < 1.29 is 14.6 Å². The molecule has 0 aliphatic carbocycles. The van der Waals surface area contributed by atoms with Crippen molar-refractivity contribution in [1.82, 2.24) is 14.4 Å². The Balaban J connectivity index is 1.58. The highest BCUT2D eigenvalue weighted by Crippen LogP contribution is 2.26. The molecule has 2 aromatic rings. The molecule has 8 heteroatoms.